The molecule has 0 aliphatic heterocycles. The zero-order valence-corrected chi connectivity index (χ0v) is 18.4. The van der Waals surface area contributed by atoms with Gasteiger partial charge in [0.2, 0.25) is 0 Å². The lowest BCUT2D eigenvalue weighted by atomic mass is 9.92. The Balaban J connectivity index is 2.24. The van der Waals surface area contributed by atoms with Gasteiger partial charge in [-0.1, -0.05) is 82.3 Å². The van der Waals surface area contributed by atoms with Gasteiger partial charge in [-0.25, -0.2) is 14.5 Å². The number of primary amides is 1. The van der Waals surface area contributed by atoms with Gasteiger partial charge in [-0.15, -0.1) is 0 Å². The number of amides is 4. The van der Waals surface area contributed by atoms with Gasteiger partial charge >= 0.3 is 12.1 Å². The van der Waals surface area contributed by atoms with Crippen molar-refractivity contribution in [3.63, 3.8) is 0 Å². The number of nitrogens with zero attached hydrogens (tertiary/aromatic N) is 2. The lowest BCUT2D eigenvalue weighted by Crippen LogP contribution is -2.48. The molecule has 4 amide bonds. The number of benzene rings is 3. The number of carbonyl (C=O) groups excluding carboxylic acids is 2. The van der Waals surface area contributed by atoms with Crippen molar-refractivity contribution < 1.29 is 9.59 Å². The van der Waals surface area contributed by atoms with Crippen molar-refractivity contribution in [3.8, 4) is 0 Å². The van der Waals surface area contributed by atoms with E-state index in [0.29, 0.717) is 17.1 Å². The zero-order valence-electron chi connectivity index (χ0n) is 18.4. The smallest absolute Gasteiger partial charge is 0.341 e. The number of hydrogen-bond acceptors (Lipinski definition) is 2. The normalized spacial score (nSPS) is 10.9. The van der Waals surface area contributed by atoms with Crippen LogP contribution in [-0.2, 0) is 0 Å². The summed E-state index contributed by atoms with van der Waals surface area (Å²) in [5.41, 5.74) is 9.52. The lowest BCUT2D eigenvalue weighted by Gasteiger charge is -2.32. The summed E-state index contributed by atoms with van der Waals surface area (Å²) in [6, 6.07) is 23.1. The van der Waals surface area contributed by atoms with E-state index >= 15 is 0 Å². The van der Waals surface area contributed by atoms with Crippen LogP contribution >= 0.6 is 0 Å². The number of carbonyl (C=O) groups is 2. The number of anilines is 3. The second-order valence-electron chi connectivity index (χ2n) is 8.06. The molecular weight excluding hydrogens is 386 g/mol. The third-order valence-electron chi connectivity index (χ3n) is 5.20. The molecular formula is C26H29N3O2. The van der Waals surface area contributed by atoms with E-state index in [1.165, 1.54) is 4.90 Å². The standard InChI is InChI=1S/C26H29N3O2/c1-18(2)22-16-11-17-23(19(3)4)24(22)29(25(27)30)26(31)28(20-12-7-5-8-13-20)21-14-9-6-10-15-21/h5-19H,1-4H3,(H2,27,30). The molecule has 0 aliphatic carbocycles. The van der Waals surface area contributed by atoms with E-state index in [0.717, 1.165) is 16.0 Å². The van der Waals surface area contributed by atoms with Gasteiger partial charge in [0.05, 0.1) is 17.1 Å². The van der Waals surface area contributed by atoms with Gasteiger partial charge in [0.25, 0.3) is 0 Å². The summed E-state index contributed by atoms with van der Waals surface area (Å²) in [5, 5.41) is 0. The molecule has 0 fully saturated rings. The molecule has 5 nitrogen and oxygen atoms in total. The molecule has 0 spiro atoms. The predicted octanol–water partition coefficient (Wildman–Crippen LogP) is 6.78. The Kier molecular flexibility index (Phi) is 6.75. The van der Waals surface area contributed by atoms with Crippen LogP contribution in [0.5, 0.6) is 0 Å². The Labute approximate surface area is 184 Å². The quantitative estimate of drug-likeness (QED) is 0.499. The fourth-order valence-electron chi connectivity index (χ4n) is 3.69. The topological polar surface area (TPSA) is 66.6 Å². The Hall–Kier alpha value is -3.60. The molecule has 0 aromatic heterocycles. The highest BCUT2D eigenvalue weighted by Gasteiger charge is 2.33. The van der Waals surface area contributed by atoms with Gasteiger partial charge in [0.15, 0.2) is 0 Å². The molecule has 0 bridgehead atoms. The molecule has 0 saturated carbocycles. The van der Waals surface area contributed by atoms with Crippen molar-refractivity contribution >= 4 is 29.1 Å². The third-order valence-corrected chi connectivity index (χ3v) is 5.20. The SMILES string of the molecule is CC(C)c1cccc(C(C)C)c1N(C(N)=O)C(=O)N(c1ccccc1)c1ccccc1. The van der Waals surface area contributed by atoms with Crippen LogP contribution in [0.15, 0.2) is 78.9 Å². The van der Waals surface area contributed by atoms with E-state index in [1.54, 1.807) is 0 Å². The van der Waals surface area contributed by atoms with Crippen molar-refractivity contribution in [2.24, 2.45) is 5.73 Å². The minimum absolute atomic E-state index is 0.102. The fraction of sp³-hybridized carbons (Fsp3) is 0.231. The molecule has 0 heterocycles. The van der Waals surface area contributed by atoms with Gasteiger partial charge in [0.1, 0.15) is 0 Å². The molecule has 0 saturated heterocycles. The summed E-state index contributed by atoms with van der Waals surface area (Å²) in [4.78, 5) is 29.4. The van der Waals surface area contributed by atoms with Gasteiger partial charge < -0.3 is 5.73 Å². The Morgan fingerprint density at radius 3 is 1.45 bits per heavy atom. The molecule has 0 aliphatic rings. The third kappa shape index (κ3) is 4.61. The Morgan fingerprint density at radius 2 is 1.10 bits per heavy atom. The largest absolute Gasteiger partial charge is 0.351 e. The molecule has 0 radical (unpaired) electrons. The Morgan fingerprint density at radius 1 is 0.677 bits per heavy atom. The van der Waals surface area contributed by atoms with Crippen LogP contribution in [0.2, 0.25) is 0 Å². The van der Waals surface area contributed by atoms with Gasteiger partial charge in [-0.05, 0) is 47.2 Å². The maximum atomic E-state index is 14.0. The van der Waals surface area contributed by atoms with Crippen LogP contribution in [0.25, 0.3) is 0 Å². The van der Waals surface area contributed by atoms with E-state index < -0.39 is 12.1 Å². The second-order valence-corrected chi connectivity index (χ2v) is 8.06. The summed E-state index contributed by atoms with van der Waals surface area (Å²) in [6.07, 6.45) is 0. The number of rotatable bonds is 5. The van der Waals surface area contributed by atoms with Crippen LogP contribution in [0, 0.1) is 0 Å². The van der Waals surface area contributed by atoms with E-state index in [9.17, 15) is 9.59 Å². The highest BCUT2D eigenvalue weighted by atomic mass is 16.2. The van der Waals surface area contributed by atoms with Crippen molar-refractivity contribution in [2.45, 2.75) is 39.5 Å². The average Bonchev–Trinajstić information content (AvgIpc) is 2.75. The summed E-state index contributed by atoms with van der Waals surface area (Å²) < 4.78 is 0. The summed E-state index contributed by atoms with van der Waals surface area (Å²) in [5.74, 6) is 0.204. The molecule has 0 atom stereocenters. The second kappa shape index (κ2) is 9.47. The number of urea groups is 2. The molecule has 160 valence electrons. The summed E-state index contributed by atoms with van der Waals surface area (Å²) >= 11 is 0. The first-order valence-corrected chi connectivity index (χ1v) is 10.5. The number of hydrogen-bond donors (Lipinski definition) is 1. The fourth-order valence-corrected chi connectivity index (χ4v) is 3.69. The first-order valence-electron chi connectivity index (χ1n) is 10.5. The monoisotopic (exact) mass is 415 g/mol. The summed E-state index contributed by atoms with van der Waals surface area (Å²) in [6.45, 7) is 8.16. The van der Waals surface area contributed by atoms with E-state index in [1.807, 2.05) is 107 Å². The van der Waals surface area contributed by atoms with Crippen LogP contribution in [0.3, 0.4) is 0 Å². The van der Waals surface area contributed by atoms with E-state index in [2.05, 4.69) is 0 Å². The van der Waals surface area contributed by atoms with Crippen LogP contribution in [-0.4, -0.2) is 12.1 Å². The first-order chi connectivity index (χ1) is 14.8. The van der Waals surface area contributed by atoms with Crippen molar-refractivity contribution in [1.82, 2.24) is 0 Å². The van der Waals surface area contributed by atoms with Crippen molar-refractivity contribution in [1.29, 1.82) is 0 Å². The van der Waals surface area contributed by atoms with Gasteiger partial charge in [-0.3, -0.25) is 4.90 Å². The Bertz CT molecular complexity index is 981. The molecule has 3 aromatic carbocycles. The first kappa shape index (κ1) is 22.1. The van der Waals surface area contributed by atoms with Crippen LogP contribution in [0.1, 0.15) is 50.7 Å². The van der Waals surface area contributed by atoms with E-state index in [-0.39, 0.29) is 11.8 Å². The lowest BCUT2D eigenvalue weighted by molar-refractivity contribution is 0.243. The maximum absolute atomic E-state index is 14.0. The van der Waals surface area contributed by atoms with E-state index in [4.69, 9.17) is 5.73 Å². The molecule has 2 N–H and O–H groups in total. The predicted molar refractivity (Wildman–Crippen MR) is 127 cm³/mol. The summed E-state index contributed by atoms with van der Waals surface area (Å²) in [7, 11) is 0. The minimum Gasteiger partial charge on any atom is -0.351 e. The minimum atomic E-state index is -0.808. The van der Waals surface area contributed by atoms with Crippen LogP contribution in [0.4, 0.5) is 26.7 Å². The average molecular weight is 416 g/mol. The molecule has 3 aromatic rings. The molecule has 31 heavy (non-hydrogen) atoms. The number of nitrogens with two attached hydrogens (primary N) is 1. The highest BCUT2D eigenvalue weighted by Crippen LogP contribution is 2.37. The molecule has 0 unspecified atom stereocenters. The number of imide groups is 1. The zero-order chi connectivity index (χ0) is 22.5. The van der Waals surface area contributed by atoms with Gasteiger partial charge in [-0.2, -0.15) is 0 Å². The van der Waals surface area contributed by atoms with Gasteiger partial charge in [0, 0.05) is 0 Å². The molecule has 5 heteroatoms. The highest BCUT2D eigenvalue weighted by molar-refractivity contribution is 6.21. The molecule has 3 rings (SSSR count). The van der Waals surface area contributed by atoms with Crippen molar-refractivity contribution in [3.05, 3.63) is 90.0 Å². The van der Waals surface area contributed by atoms with Crippen molar-refractivity contribution in [2.75, 3.05) is 9.80 Å². The number of para-hydroxylation sites is 3. The maximum Gasteiger partial charge on any atom is 0.341 e. The van der Waals surface area contributed by atoms with Crippen LogP contribution < -0.4 is 15.5 Å².